The molecule has 3 rings (SSSR count). The van der Waals surface area contributed by atoms with Gasteiger partial charge in [0.1, 0.15) is 0 Å². The average Bonchev–Trinajstić information content (AvgIpc) is 3.03. The fraction of sp³-hybridized carbons (Fsp3) is 0.235. The molecule has 1 aliphatic rings. The molecule has 0 bridgehead atoms. The van der Waals surface area contributed by atoms with E-state index in [0.29, 0.717) is 23.0 Å². The first-order chi connectivity index (χ1) is 11.5. The van der Waals surface area contributed by atoms with Crippen LogP contribution in [-0.4, -0.2) is 11.9 Å². The van der Waals surface area contributed by atoms with Crippen LogP contribution in [0.1, 0.15) is 24.1 Å². The molecule has 1 atom stereocenters. The number of thiocarbonyl (C=S) groups is 1. The van der Waals surface area contributed by atoms with E-state index in [1.807, 2.05) is 25.1 Å². The SMILES string of the molecule is C[C@@H](NC(=S)NCc1ccc2c(c1)OCO2)c1ccc(F)c(F)c1. The van der Waals surface area contributed by atoms with Gasteiger partial charge in [-0.2, -0.15) is 0 Å². The molecule has 7 heteroatoms. The monoisotopic (exact) mass is 350 g/mol. The number of ether oxygens (including phenoxy) is 2. The van der Waals surface area contributed by atoms with Crippen LogP contribution in [0.2, 0.25) is 0 Å². The van der Waals surface area contributed by atoms with Gasteiger partial charge < -0.3 is 20.1 Å². The molecule has 0 unspecified atom stereocenters. The maximum atomic E-state index is 13.3. The van der Waals surface area contributed by atoms with Gasteiger partial charge in [-0.15, -0.1) is 0 Å². The average molecular weight is 350 g/mol. The summed E-state index contributed by atoms with van der Waals surface area (Å²) in [7, 11) is 0. The van der Waals surface area contributed by atoms with Crippen molar-refractivity contribution in [2.75, 3.05) is 6.79 Å². The van der Waals surface area contributed by atoms with Gasteiger partial charge in [0, 0.05) is 6.54 Å². The molecule has 0 radical (unpaired) electrons. The zero-order chi connectivity index (χ0) is 17.1. The largest absolute Gasteiger partial charge is 0.454 e. The Morgan fingerprint density at radius 1 is 1.12 bits per heavy atom. The standard InChI is InChI=1S/C17H16F2N2O2S/c1-10(12-3-4-13(18)14(19)7-12)21-17(24)20-8-11-2-5-15-16(6-11)23-9-22-15/h2-7,10H,8-9H2,1H3,(H2,20,21,24)/t10-/m1/s1. The lowest BCUT2D eigenvalue weighted by Crippen LogP contribution is -2.36. The van der Waals surface area contributed by atoms with E-state index in [2.05, 4.69) is 10.6 Å². The molecule has 0 spiro atoms. The summed E-state index contributed by atoms with van der Waals surface area (Å²) >= 11 is 5.24. The molecular formula is C17H16F2N2O2S. The highest BCUT2D eigenvalue weighted by molar-refractivity contribution is 7.80. The highest BCUT2D eigenvalue weighted by Gasteiger charge is 2.14. The van der Waals surface area contributed by atoms with Gasteiger partial charge in [0.2, 0.25) is 6.79 Å². The Morgan fingerprint density at radius 3 is 2.71 bits per heavy atom. The van der Waals surface area contributed by atoms with Gasteiger partial charge in [0.15, 0.2) is 28.2 Å². The summed E-state index contributed by atoms with van der Waals surface area (Å²) < 4.78 is 36.8. The first-order valence-electron chi connectivity index (χ1n) is 7.41. The Balaban J connectivity index is 1.54. The van der Waals surface area contributed by atoms with Crippen LogP contribution in [-0.2, 0) is 6.54 Å². The summed E-state index contributed by atoms with van der Waals surface area (Å²) in [6.07, 6.45) is 0. The van der Waals surface area contributed by atoms with Gasteiger partial charge in [-0.25, -0.2) is 8.78 Å². The van der Waals surface area contributed by atoms with Crippen LogP contribution in [0.3, 0.4) is 0 Å². The van der Waals surface area contributed by atoms with Crippen molar-refractivity contribution < 1.29 is 18.3 Å². The number of hydrogen-bond donors (Lipinski definition) is 2. The highest BCUT2D eigenvalue weighted by Crippen LogP contribution is 2.32. The van der Waals surface area contributed by atoms with E-state index in [1.54, 1.807) is 0 Å². The Labute approximate surface area is 143 Å². The molecule has 2 N–H and O–H groups in total. The second-order valence-electron chi connectivity index (χ2n) is 5.41. The van der Waals surface area contributed by atoms with E-state index in [4.69, 9.17) is 21.7 Å². The minimum atomic E-state index is -0.875. The van der Waals surface area contributed by atoms with Gasteiger partial charge in [-0.3, -0.25) is 0 Å². The van der Waals surface area contributed by atoms with Gasteiger partial charge in [-0.05, 0) is 54.5 Å². The topological polar surface area (TPSA) is 42.5 Å². The van der Waals surface area contributed by atoms with E-state index < -0.39 is 11.6 Å². The van der Waals surface area contributed by atoms with Crippen LogP contribution < -0.4 is 20.1 Å². The Bertz CT molecular complexity index is 770. The van der Waals surface area contributed by atoms with Crippen molar-refractivity contribution in [2.45, 2.75) is 19.5 Å². The molecule has 126 valence electrons. The fourth-order valence-electron chi connectivity index (χ4n) is 2.35. The molecule has 1 heterocycles. The maximum Gasteiger partial charge on any atom is 0.231 e. The molecule has 0 saturated heterocycles. The fourth-order valence-corrected chi connectivity index (χ4v) is 2.59. The second kappa shape index (κ2) is 7.00. The molecule has 24 heavy (non-hydrogen) atoms. The Kier molecular flexibility index (Phi) is 4.80. The predicted molar refractivity (Wildman–Crippen MR) is 89.9 cm³/mol. The zero-order valence-corrected chi connectivity index (χ0v) is 13.8. The molecule has 0 aromatic heterocycles. The molecule has 2 aromatic rings. The number of fused-ring (bicyclic) bond motifs is 1. The third kappa shape index (κ3) is 3.73. The van der Waals surface area contributed by atoms with E-state index in [0.717, 1.165) is 23.4 Å². The van der Waals surface area contributed by atoms with Gasteiger partial charge in [0.05, 0.1) is 6.04 Å². The first-order valence-corrected chi connectivity index (χ1v) is 7.81. The minimum absolute atomic E-state index is 0.234. The second-order valence-corrected chi connectivity index (χ2v) is 5.82. The third-order valence-electron chi connectivity index (χ3n) is 3.68. The molecule has 0 amide bonds. The van der Waals surface area contributed by atoms with Crippen LogP contribution in [0.15, 0.2) is 36.4 Å². The van der Waals surface area contributed by atoms with Crippen molar-refractivity contribution in [2.24, 2.45) is 0 Å². The van der Waals surface area contributed by atoms with Crippen LogP contribution >= 0.6 is 12.2 Å². The lowest BCUT2D eigenvalue weighted by molar-refractivity contribution is 0.174. The summed E-state index contributed by atoms with van der Waals surface area (Å²) in [6.45, 7) is 2.56. The number of benzene rings is 2. The summed E-state index contributed by atoms with van der Waals surface area (Å²) in [4.78, 5) is 0. The molecule has 4 nitrogen and oxygen atoms in total. The molecule has 0 saturated carbocycles. The van der Waals surface area contributed by atoms with Crippen molar-refractivity contribution in [3.05, 3.63) is 59.2 Å². The number of hydrogen-bond acceptors (Lipinski definition) is 3. The van der Waals surface area contributed by atoms with Crippen molar-refractivity contribution in [3.8, 4) is 11.5 Å². The molecule has 0 fully saturated rings. The van der Waals surface area contributed by atoms with Gasteiger partial charge >= 0.3 is 0 Å². The van der Waals surface area contributed by atoms with E-state index >= 15 is 0 Å². The number of halogens is 2. The van der Waals surface area contributed by atoms with Crippen molar-refractivity contribution in [1.82, 2.24) is 10.6 Å². The number of rotatable bonds is 4. The van der Waals surface area contributed by atoms with Crippen LogP contribution in [0, 0.1) is 11.6 Å². The molecule has 0 aliphatic carbocycles. The van der Waals surface area contributed by atoms with Gasteiger partial charge in [0.25, 0.3) is 0 Å². The van der Waals surface area contributed by atoms with Crippen molar-refractivity contribution in [1.29, 1.82) is 0 Å². The Hall–Kier alpha value is -2.41. The summed E-state index contributed by atoms with van der Waals surface area (Å²) in [5, 5.41) is 6.53. The van der Waals surface area contributed by atoms with E-state index in [-0.39, 0.29) is 12.8 Å². The van der Waals surface area contributed by atoms with Gasteiger partial charge in [-0.1, -0.05) is 12.1 Å². The molecular weight excluding hydrogens is 334 g/mol. The normalized spacial score (nSPS) is 13.5. The quantitative estimate of drug-likeness (QED) is 0.827. The van der Waals surface area contributed by atoms with E-state index in [9.17, 15) is 8.78 Å². The summed E-state index contributed by atoms with van der Waals surface area (Å²) in [6, 6.07) is 9.19. The highest BCUT2D eigenvalue weighted by atomic mass is 32.1. The van der Waals surface area contributed by atoms with Crippen LogP contribution in [0.4, 0.5) is 8.78 Å². The minimum Gasteiger partial charge on any atom is -0.454 e. The van der Waals surface area contributed by atoms with Crippen molar-refractivity contribution >= 4 is 17.3 Å². The summed E-state index contributed by atoms with van der Waals surface area (Å²) in [5.74, 6) is -0.301. The van der Waals surface area contributed by atoms with Crippen LogP contribution in [0.5, 0.6) is 11.5 Å². The summed E-state index contributed by atoms with van der Waals surface area (Å²) in [5.41, 5.74) is 1.60. The lowest BCUT2D eigenvalue weighted by Gasteiger charge is -2.17. The predicted octanol–water partition coefficient (Wildman–Crippen LogP) is 3.42. The van der Waals surface area contributed by atoms with E-state index in [1.165, 1.54) is 6.07 Å². The zero-order valence-electron chi connectivity index (χ0n) is 12.9. The third-order valence-corrected chi connectivity index (χ3v) is 3.94. The number of nitrogens with one attached hydrogen (secondary N) is 2. The maximum absolute atomic E-state index is 13.3. The first kappa shape index (κ1) is 16.4. The lowest BCUT2D eigenvalue weighted by atomic mass is 10.1. The Morgan fingerprint density at radius 2 is 1.92 bits per heavy atom. The molecule has 2 aromatic carbocycles. The molecule has 1 aliphatic heterocycles. The smallest absolute Gasteiger partial charge is 0.231 e. The van der Waals surface area contributed by atoms with Crippen molar-refractivity contribution in [3.63, 3.8) is 0 Å². The van der Waals surface area contributed by atoms with Crippen LogP contribution in [0.25, 0.3) is 0 Å².